The average Bonchev–Trinajstić information content (AvgIpc) is 3.09. The minimum Gasteiger partial charge on any atom is -0.465 e. The van der Waals surface area contributed by atoms with E-state index < -0.39 is 23.8 Å². The summed E-state index contributed by atoms with van der Waals surface area (Å²) in [4.78, 5) is 51.3. The Bertz CT molecular complexity index is 1430. The lowest BCUT2D eigenvalue weighted by molar-refractivity contribution is -0.120. The van der Waals surface area contributed by atoms with Crippen molar-refractivity contribution in [2.24, 2.45) is 0 Å². The number of methoxy groups -OCH3 is 1. The topological polar surface area (TPSA) is 102 Å². The van der Waals surface area contributed by atoms with Crippen molar-refractivity contribution in [3.05, 3.63) is 99.2 Å². The molecule has 36 heavy (non-hydrogen) atoms. The van der Waals surface area contributed by atoms with Crippen LogP contribution >= 0.6 is 23.2 Å². The molecule has 0 saturated heterocycles. The van der Waals surface area contributed by atoms with E-state index in [0.717, 1.165) is 10.5 Å². The van der Waals surface area contributed by atoms with Crippen molar-refractivity contribution in [3.8, 4) is 5.75 Å². The smallest absolute Gasteiger partial charge is 0.343 e. The summed E-state index contributed by atoms with van der Waals surface area (Å²) >= 11 is 12.2. The molecule has 0 aromatic heterocycles. The number of carbonyl (C=O) groups excluding carboxylic acids is 4. The summed E-state index contributed by atoms with van der Waals surface area (Å²) in [7, 11) is 1.20. The molecule has 0 unspecified atom stereocenters. The summed E-state index contributed by atoms with van der Waals surface area (Å²) in [5.74, 6) is -2.48. The minimum absolute atomic E-state index is 0.0335. The van der Waals surface area contributed by atoms with Gasteiger partial charge in [-0.05, 0) is 67.1 Å². The maximum absolute atomic E-state index is 13.1. The SMILES string of the molecule is COC(=O)c1ccccc1N1C(=O)C(Cl)=C(Nc2ccc(C(=O)Oc3ccc(Cl)c(C)c3)cc2)C1=O. The highest BCUT2D eigenvalue weighted by molar-refractivity contribution is 6.53. The number of imide groups is 1. The molecular weight excluding hydrogens is 507 g/mol. The molecule has 1 N–H and O–H groups in total. The van der Waals surface area contributed by atoms with Crippen LogP contribution < -0.4 is 15.0 Å². The van der Waals surface area contributed by atoms with Crippen LogP contribution in [0.5, 0.6) is 5.75 Å². The van der Waals surface area contributed by atoms with Gasteiger partial charge in [-0.15, -0.1) is 0 Å². The van der Waals surface area contributed by atoms with E-state index in [9.17, 15) is 19.2 Å². The number of halogens is 2. The molecule has 1 heterocycles. The molecule has 4 rings (SSSR count). The molecule has 0 saturated carbocycles. The molecule has 2 amide bonds. The summed E-state index contributed by atoms with van der Waals surface area (Å²) in [5.41, 5.74) is 1.33. The number of hydrogen-bond donors (Lipinski definition) is 1. The van der Waals surface area contributed by atoms with Crippen molar-refractivity contribution < 1.29 is 28.7 Å². The van der Waals surface area contributed by atoms with Crippen LogP contribution in [0.2, 0.25) is 5.02 Å². The summed E-state index contributed by atoms with van der Waals surface area (Å²) in [6, 6.07) is 17.0. The Kier molecular flexibility index (Phi) is 7.10. The lowest BCUT2D eigenvalue weighted by Crippen LogP contribution is -2.33. The van der Waals surface area contributed by atoms with Crippen LogP contribution in [0.3, 0.4) is 0 Å². The lowest BCUT2D eigenvalue weighted by atomic mass is 10.1. The Labute approximate surface area is 216 Å². The van der Waals surface area contributed by atoms with E-state index in [-0.39, 0.29) is 27.5 Å². The highest BCUT2D eigenvalue weighted by Gasteiger charge is 2.40. The van der Waals surface area contributed by atoms with Gasteiger partial charge in [-0.3, -0.25) is 9.59 Å². The van der Waals surface area contributed by atoms with Gasteiger partial charge in [0.05, 0.1) is 23.9 Å². The number of carbonyl (C=O) groups is 4. The van der Waals surface area contributed by atoms with Gasteiger partial charge in [0.15, 0.2) is 0 Å². The molecule has 0 bridgehead atoms. The van der Waals surface area contributed by atoms with Gasteiger partial charge in [-0.1, -0.05) is 35.3 Å². The number of nitrogens with one attached hydrogen (secondary N) is 1. The van der Waals surface area contributed by atoms with Crippen molar-refractivity contribution >= 4 is 58.3 Å². The molecule has 3 aromatic carbocycles. The van der Waals surface area contributed by atoms with Gasteiger partial charge < -0.3 is 14.8 Å². The second kappa shape index (κ2) is 10.2. The van der Waals surface area contributed by atoms with Gasteiger partial charge in [-0.25, -0.2) is 14.5 Å². The highest BCUT2D eigenvalue weighted by Crippen LogP contribution is 2.32. The number of amides is 2. The first-order valence-corrected chi connectivity index (χ1v) is 11.3. The zero-order valence-electron chi connectivity index (χ0n) is 19.0. The molecule has 0 spiro atoms. The number of benzene rings is 3. The van der Waals surface area contributed by atoms with Crippen molar-refractivity contribution in [2.75, 3.05) is 17.3 Å². The number of ether oxygens (including phenoxy) is 2. The average molecular weight is 525 g/mol. The Morgan fingerprint density at radius 3 is 2.25 bits per heavy atom. The fourth-order valence-electron chi connectivity index (χ4n) is 3.46. The quantitative estimate of drug-likeness (QED) is 0.272. The number of para-hydroxylation sites is 1. The fraction of sp³-hybridized carbons (Fsp3) is 0.0769. The maximum Gasteiger partial charge on any atom is 0.343 e. The molecule has 3 aromatic rings. The van der Waals surface area contributed by atoms with E-state index >= 15 is 0 Å². The normalized spacial score (nSPS) is 13.2. The predicted octanol–water partition coefficient (Wildman–Crippen LogP) is 5.09. The standard InChI is InChI=1S/C26H18Cl2N2O6/c1-14-13-17(11-12-19(14)27)36-25(33)15-7-9-16(10-8-15)29-22-21(28)23(31)30(24(22)32)20-6-4-3-5-18(20)26(34)35-2/h3-13,29H,1-2H3. The molecule has 0 atom stereocenters. The molecule has 0 fully saturated rings. The van der Waals surface area contributed by atoms with Crippen LogP contribution in [0.4, 0.5) is 11.4 Å². The number of hydrogen-bond acceptors (Lipinski definition) is 7. The Balaban J connectivity index is 1.51. The Morgan fingerprint density at radius 2 is 1.58 bits per heavy atom. The number of esters is 2. The van der Waals surface area contributed by atoms with Gasteiger partial charge >= 0.3 is 11.9 Å². The molecule has 10 heteroatoms. The van der Waals surface area contributed by atoms with Gasteiger partial charge in [0.25, 0.3) is 11.8 Å². The lowest BCUT2D eigenvalue weighted by Gasteiger charge is -2.17. The van der Waals surface area contributed by atoms with E-state index in [1.54, 1.807) is 37.3 Å². The van der Waals surface area contributed by atoms with Gasteiger partial charge in [0.2, 0.25) is 0 Å². The minimum atomic E-state index is -0.793. The number of rotatable bonds is 6. The van der Waals surface area contributed by atoms with E-state index in [1.165, 1.54) is 43.5 Å². The van der Waals surface area contributed by atoms with Crippen LogP contribution in [0.25, 0.3) is 0 Å². The van der Waals surface area contributed by atoms with E-state index in [1.807, 2.05) is 0 Å². The first kappa shape index (κ1) is 25.0. The summed E-state index contributed by atoms with van der Waals surface area (Å²) < 4.78 is 10.1. The third-order valence-electron chi connectivity index (χ3n) is 5.31. The monoisotopic (exact) mass is 524 g/mol. The van der Waals surface area contributed by atoms with Crippen LogP contribution in [0.15, 0.2) is 77.5 Å². The van der Waals surface area contributed by atoms with Gasteiger partial charge in [0.1, 0.15) is 16.5 Å². The van der Waals surface area contributed by atoms with Crippen molar-refractivity contribution in [1.29, 1.82) is 0 Å². The van der Waals surface area contributed by atoms with Crippen LogP contribution in [-0.4, -0.2) is 30.9 Å². The molecule has 1 aliphatic rings. The largest absolute Gasteiger partial charge is 0.465 e. The number of nitrogens with zero attached hydrogens (tertiary/aromatic N) is 1. The highest BCUT2D eigenvalue weighted by atomic mass is 35.5. The third kappa shape index (κ3) is 4.82. The summed E-state index contributed by atoms with van der Waals surface area (Å²) in [6.07, 6.45) is 0. The van der Waals surface area contributed by atoms with E-state index in [4.69, 9.17) is 32.7 Å². The summed E-state index contributed by atoms with van der Waals surface area (Å²) in [5, 5.41) is 3.03. The molecule has 1 aliphatic heterocycles. The molecule has 8 nitrogen and oxygen atoms in total. The molecule has 182 valence electrons. The zero-order chi connectivity index (χ0) is 26.0. The molecular formula is C26H18Cl2N2O6. The van der Waals surface area contributed by atoms with Crippen LogP contribution in [0.1, 0.15) is 26.3 Å². The predicted molar refractivity (Wildman–Crippen MR) is 134 cm³/mol. The second-order valence-electron chi connectivity index (χ2n) is 7.65. The van der Waals surface area contributed by atoms with Gasteiger partial charge in [0, 0.05) is 10.7 Å². The van der Waals surface area contributed by atoms with Crippen molar-refractivity contribution in [2.45, 2.75) is 6.92 Å². The fourth-order valence-corrected chi connectivity index (χ4v) is 3.79. The van der Waals surface area contributed by atoms with Crippen LogP contribution in [0, 0.1) is 6.92 Å². The van der Waals surface area contributed by atoms with Crippen LogP contribution in [-0.2, 0) is 14.3 Å². The summed E-state index contributed by atoms with van der Waals surface area (Å²) in [6.45, 7) is 1.80. The number of anilines is 2. The van der Waals surface area contributed by atoms with E-state index in [0.29, 0.717) is 16.5 Å². The first-order chi connectivity index (χ1) is 17.2. The van der Waals surface area contributed by atoms with Gasteiger partial charge in [-0.2, -0.15) is 0 Å². The Hall–Kier alpha value is -4.14. The molecule has 0 aliphatic carbocycles. The van der Waals surface area contributed by atoms with Crippen molar-refractivity contribution in [3.63, 3.8) is 0 Å². The third-order valence-corrected chi connectivity index (χ3v) is 6.08. The zero-order valence-corrected chi connectivity index (χ0v) is 20.5. The van der Waals surface area contributed by atoms with E-state index in [2.05, 4.69) is 5.32 Å². The molecule has 0 radical (unpaired) electrons. The maximum atomic E-state index is 13.1. The first-order valence-electron chi connectivity index (χ1n) is 10.5. The Morgan fingerprint density at radius 1 is 0.889 bits per heavy atom. The number of aryl methyl sites for hydroxylation is 1. The second-order valence-corrected chi connectivity index (χ2v) is 8.43. The van der Waals surface area contributed by atoms with Crippen molar-refractivity contribution in [1.82, 2.24) is 0 Å².